The van der Waals surface area contributed by atoms with Crippen LogP contribution in [0.4, 0.5) is 11.4 Å². The number of hydrogen-bond donors (Lipinski definition) is 2. The van der Waals surface area contributed by atoms with Crippen LogP contribution >= 0.6 is 0 Å². The Kier molecular flexibility index (Phi) is 5.26. The zero-order valence-electron chi connectivity index (χ0n) is 16.8. The molecule has 30 heavy (non-hydrogen) atoms. The van der Waals surface area contributed by atoms with Crippen LogP contribution in [0, 0.1) is 13.8 Å². The molecule has 148 valence electrons. The van der Waals surface area contributed by atoms with E-state index >= 15 is 0 Å². The van der Waals surface area contributed by atoms with Crippen molar-refractivity contribution in [3.8, 4) is 0 Å². The van der Waals surface area contributed by atoms with Gasteiger partial charge in [0, 0.05) is 28.4 Å². The van der Waals surface area contributed by atoms with Gasteiger partial charge in [0.15, 0.2) is 0 Å². The standard InChI is InChI=1S/C25H21N3O2/c1-16-6-3-7-17(2)22(16)28-25(30)20-13-11-19(12-14-20)24(29)27-21-10-4-8-18-9-5-15-26-23(18)21/h3-15H,1-2H3,(H,27,29)(H,28,30). The van der Waals surface area contributed by atoms with Crippen molar-refractivity contribution in [1.29, 1.82) is 0 Å². The first-order chi connectivity index (χ1) is 14.5. The Morgan fingerprint density at radius 1 is 0.700 bits per heavy atom. The van der Waals surface area contributed by atoms with Gasteiger partial charge in [-0.2, -0.15) is 0 Å². The average molecular weight is 395 g/mol. The number of hydrogen-bond acceptors (Lipinski definition) is 3. The Bertz CT molecular complexity index is 1220. The molecule has 0 aliphatic rings. The number of carbonyl (C=O) groups excluding carboxylic acids is 2. The minimum absolute atomic E-state index is 0.211. The molecule has 0 radical (unpaired) electrons. The van der Waals surface area contributed by atoms with Gasteiger partial charge in [-0.3, -0.25) is 14.6 Å². The first-order valence-corrected chi connectivity index (χ1v) is 9.65. The molecule has 0 spiro atoms. The molecule has 5 nitrogen and oxygen atoms in total. The van der Waals surface area contributed by atoms with Crippen LogP contribution in [0.25, 0.3) is 10.9 Å². The van der Waals surface area contributed by atoms with Crippen LogP contribution < -0.4 is 10.6 Å². The Morgan fingerprint density at radius 2 is 1.27 bits per heavy atom. The summed E-state index contributed by atoms with van der Waals surface area (Å²) >= 11 is 0. The summed E-state index contributed by atoms with van der Waals surface area (Å²) in [5.74, 6) is -0.465. The van der Waals surface area contributed by atoms with E-state index < -0.39 is 0 Å². The summed E-state index contributed by atoms with van der Waals surface area (Å²) in [6, 6.07) is 21.9. The largest absolute Gasteiger partial charge is 0.322 e. The number of benzene rings is 3. The molecule has 2 amide bonds. The van der Waals surface area contributed by atoms with Gasteiger partial charge in [-0.25, -0.2) is 0 Å². The SMILES string of the molecule is Cc1cccc(C)c1NC(=O)c1ccc(C(=O)Nc2cccc3cccnc23)cc1. The van der Waals surface area contributed by atoms with E-state index in [-0.39, 0.29) is 11.8 Å². The maximum absolute atomic E-state index is 12.7. The molecule has 0 aliphatic heterocycles. The van der Waals surface area contributed by atoms with E-state index in [2.05, 4.69) is 15.6 Å². The van der Waals surface area contributed by atoms with Crippen molar-refractivity contribution < 1.29 is 9.59 Å². The Balaban J connectivity index is 1.50. The molecule has 1 heterocycles. The first kappa shape index (κ1) is 19.3. The lowest BCUT2D eigenvalue weighted by Gasteiger charge is -2.12. The third-order valence-electron chi connectivity index (χ3n) is 5.01. The molecule has 0 aliphatic carbocycles. The van der Waals surface area contributed by atoms with Gasteiger partial charge in [-0.1, -0.05) is 36.4 Å². The lowest BCUT2D eigenvalue weighted by Crippen LogP contribution is -2.15. The minimum atomic E-state index is -0.255. The molecule has 0 fully saturated rings. The topological polar surface area (TPSA) is 71.1 Å². The van der Waals surface area contributed by atoms with Crippen molar-refractivity contribution in [3.63, 3.8) is 0 Å². The molecule has 2 N–H and O–H groups in total. The zero-order valence-corrected chi connectivity index (χ0v) is 16.8. The highest BCUT2D eigenvalue weighted by Crippen LogP contribution is 2.22. The molecule has 0 saturated carbocycles. The minimum Gasteiger partial charge on any atom is -0.322 e. The molecular weight excluding hydrogens is 374 g/mol. The van der Waals surface area contributed by atoms with Crippen LogP contribution in [0.1, 0.15) is 31.8 Å². The van der Waals surface area contributed by atoms with E-state index in [0.717, 1.165) is 27.7 Å². The van der Waals surface area contributed by atoms with Crippen LogP contribution in [0.5, 0.6) is 0 Å². The number of rotatable bonds is 4. The summed E-state index contributed by atoms with van der Waals surface area (Å²) in [6.45, 7) is 3.91. The second-order valence-electron chi connectivity index (χ2n) is 7.13. The maximum atomic E-state index is 12.7. The lowest BCUT2D eigenvalue weighted by molar-refractivity contribution is 0.101. The molecule has 0 saturated heterocycles. The first-order valence-electron chi connectivity index (χ1n) is 9.65. The Labute approximate surface area is 174 Å². The smallest absolute Gasteiger partial charge is 0.255 e. The Hall–Kier alpha value is -3.99. The molecule has 4 aromatic rings. The average Bonchev–Trinajstić information content (AvgIpc) is 2.76. The summed E-state index contributed by atoms with van der Waals surface area (Å²) in [5.41, 5.74) is 5.15. The Morgan fingerprint density at radius 3 is 1.93 bits per heavy atom. The second kappa shape index (κ2) is 8.17. The van der Waals surface area contributed by atoms with E-state index in [1.54, 1.807) is 30.5 Å². The summed E-state index contributed by atoms with van der Waals surface area (Å²) < 4.78 is 0. The lowest BCUT2D eigenvalue weighted by atomic mass is 10.1. The maximum Gasteiger partial charge on any atom is 0.255 e. The quantitative estimate of drug-likeness (QED) is 0.489. The highest BCUT2D eigenvalue weighted by molar-refractivity contribution is 6.09. The molecule has 1 aromatic heterocycles. The van der Waals surface area contributed by atoms with E-state index in [0.29, 0.717) is 16.8 Å². The van der Waals surface area contributed by atoms with Crippen LogP contribution in [0.15, 0.2) is 79.0 Å². The molecule has 4 rings (SSSR count). The fraction of sp³-hybridized carbons (Fsp3) is 0.0800. The van der Waals surface area contributed by atoms with Crippen LogP contribution in [-0.4, -0.2) is 16.8 Å². The van der Waals surface area contributed by atoms with Crippen molar-refractivity contribution in [1.82, 2.24) is 4.98 Å². The summed E-state index contributed by atoms with van der Waals surface area (Å²) in [5, 5.41) is 6.81. The summed E-state index contributed by atoms with van der Waals surface area (Å²) in [6.07, 6.45) is 1.70. The number of fused-ring (bicyclic) bond motifs is 1. The molecule has 3 aromatic carbocycles. The fourth-order valence-corrected chi connectivity index (χ4v) is 3.37. The summed E-state index contributed by atoms with van der Waals surface area (Å²) in [4.78, 5) is 29.6. The van der Waals surface area contributed by atoms with Crippen LogP contribution in [0.3, 0.4) is 0 Å². The number of carbonyl (C=O) groups is 2. The summed E-state index contributed by atoms with van der Waals surface area (Å²) in [7, 11) is 0. The van der Waals surface area contributed by atoms with Crippen molar-refractivity contribution in [2.75, 3.05) is 10.6 Å². The van der Waals surface area contributed by atoms with E-state index in [4.69, 9.17) is 0 Å². The fourth-order valence-electron chi connectivity index (χ4n) is 3.37. The van der Waals surface area contributed by atoms with E-state index in [9.17, 15) is 9.59 Å². The van der Waals surface area contributed by atoms with Crippen molar-refractivity contribution in [2.45, 2.75) is 13.8 Å². The van der Waals surface area contributed by atoms with Gasteiger partial charge < -0.3 is 10.6 Å². The zero-order chi connectivity index (χ0) is 21.1. The van der Waals surface area contributed by atoms with Gasteiger partial charge in [0.1, 0.15) is 0 Å². The molecule has 0 atom stereocenters. The number of aromatic nitrogens is 1. The molecule has 5 heteroatoms. The third-order valence-corrected chi connectivity index (χ3v) is 5.01. The second-order valence-corrected chi connectivity index (χ2v) is 7.13. The highest BCUT2D eigenvalue weighted by atomic mass is 16.2. The van der Waals surface area contributed by atoms with Gasteiger partial charge in [0.25, 0.3) is 11.8 Å². The third kappa shape index (κ3) is 3.91. The monoisotopic (exact) mass is 395 g/mol. The van der Waals surface area contributed by atoms with E-state index in [1.165, 1.54) is 0 Å². The van der Waals surface area contributed by atoms with Gasteiger partial charge in [0.2, 0.25) is 0 Å². The van der Waals surface area contributed by atoms with Crippen molar-refractivity contribution in [3.05, 3.63) is 101 Å². The molecule has 0 unspecified atom stereocenters. The number of nitrogens with zero attached hydrogens (tertiary/aromatic N) is 1. The number of amides is 2. The number of aryl methyl sites for hydroxylation is 2. The van der Waals surface area contributed by atoms with E-state index in [1.807, 2.05) is 62.4 Å². The molecular formula is C25H21N3O2. The van der Waals surface area contributed by atoms with Crippen LogP contribution in [-0.2, 0) is 0 Å². The van der Waals surface area contributed by atoms with Gasteiger partial charge in [-0.05, 0) is 61.4 Å². The van der Waals surface area contributed by atoms with Gasteiger partial charge >= 0.3 is 0 Å². The predicted molar refractivity (Wildman–Crippen MR) is 120 cm³/mol. The number of pyridine rings is 1. The number of nitrogens with one attached hydrogen (secondary N) is 2. The van der Waals surface area contributed by atoms with Crippen molar-refractivity contribution >= 4 is 34.1 Å². The van der Waals surface area contributed by atoms with Gasteiger partial charge in [-0.15, -0.1) is 0 Å². The van der Waals surface area contributed by atoms with Gasteiger partial charge in [0.05, 0.1) is 11.2 Å². The number of para-hydroxylation sites is 2. The number of anilines is 2. The molecule has 0 bridgehead atoms. The normalized spacial score (nSPS) is 10.6. The predicted octanol–water partition coefficient (Wildman–Crippen LogP) is 5.36. The van der Waals surface area contributed by atoms with Crippen LogP contribution in [0.2, 0.25) is 0 Å². The highest BCUT2D eigenvalue weighted by Gasteiger charge is 2.12. The van der Waals surface area contributed by atoms with Crippen molar-refractivity contribution in [2.24, 2.45) is 0 Å².